The molecule has 36 heavy (non-hydrogen) atoms. The lowest BCUT2D eigenvalue weighted by Gasteiger charge is -2.27. The van der Waals surface area contributed by atoms with Gasteiger partial charge in [0.05, 0.1) is 5.69 Å². The minimum absolute atomic E-state index is 0.0109. The number of hydrogen-bond donors (Lipinski definition) is 2. The first kappa shape index (κ1) is 27.7. The number of H-pyrrole nitrogens is 1. The zero-order valence-electron chi connectivity index (χ0n) is 23.1. The summed E-state index contributed by atoms with van der Waals surface area (Å²) >= 11 is 0. The molecule has 3 rings (SSSR count). The average molecular weight is 496 g/mol. The summed E-state index contributed by atoms with van der Waals surface area (Å²) in [7, 11) is 0. The van der Waals surface area contributed by atoms with E-state index in [4.69, 9.17) is 0 Å². The first-order valence-corrected chi connectivity index (χ1v) is 13.0. The van der Waals surface area contributed by atoms with Gasteiger partial charge in [-0.3, -0.25) is 5.10 Å². The van der Waals surface area contributed by atoms with Gasteiger partial charge in [-0.25, -0.2) is 4.98 Å². The van der Waals surface area contributed by atoms with Crippen LogP contribution in [0.4, 0.5) is 5.69 Å². The number of hydrogen-bond acceptors (Lipinski definition) is 7. The van der Waals surface area contributed by atoms with Gasteiger partial charge in [0.25, 0.3) is 5.82 Å². The standard InChI is InChI=1S/C26H41N9O/c1-9-10-11-12-13-14-17(2)15-26(7,8)21-19(16-27)23(35(36)33-21)30-29-20-22(25(4,5)6)32-34-24(20)28-18(3)31-34/h17,32,35H,9-15H2,1-8H3. The maximum absolute atomic E-state index is 12.9. The molecule has 2 atom stereocenters. The minimum atomic E-state index is -0.521. The van der Waals surface area contributed by atoms with Crippen LogP contribution in [-0.4, -0.2) is 25.5 Å². The minimum Gasteiger partial charge on any atom is -0.600 e. The van der Waals surface area contributed by atoms with Crippen molar-refractivity contribution in [2.24, 2.45) is 26.7 Å². The van der Waals surface area contributed by atoms with E-state index in [0.717, 1.165) is 18.5 Å². The molecule has 0 bridgehead atoms. The third-order valence-corrected chi connectivity index (χ3v) is 6.68. The summed E-state index contributed by atoms with van der Waals surface area (Å²) in [4.78, 5) is 4.45. The molecule has 1 aliphatic heterocycles. The maximum atomic E-state index is 12.9. The van der Waals surface area contributed by atoms with Crippen LogP contribution in [0.5, 0.6) is 0 Å². The number of nitriles is 1. The molecular formula is C26H41N9O. The summed E-state index contributed by atoms with van der Waals surface area (Å²) in [5.74, 6) is 1.05. The van der Waals surface area contributed by atoms with E-state index in [0.29, 0.717) is 28.8 Å². The molecule has 196 valence electrons. The highest BCUT2D eigenvalue weighted by molar-refractivity contribution is 6.07. The van der Waals surface area contributed by atoms with Gasteiger partial charge in [0.15, 0.2) is 11.3 Å². The SMILES string of the molecule is CCCCCCCC(C)CC(C)(C)C1=N[NH+]([O-])C(N=Nc2c(C(C)(C)C)[nH]n3nc(C)nc23)=C1C#N. The Morgan fingerprint density at radius 2 is 1.83 bits per heavy atom. The van der Waals surface area contributed by atoms with Crippen molar-refractivity contribution in [1.29, 1.82) is 5.26 Å². The van der Waals surface area contributed by atoms with Crippen LogP contribution in [0.25, 0.3) is 5.65 Å². The number of aromatic nitrogens is 4. The first-order chi connectivity index (χ1) is 16.9. The molecule has 0 aromatic carbocycles. The number of rotatable bonds is 11. The van der Waals surface area contributed by atoms with Crippen LogP contribution < -0.4 is 5.17 Å². The Bertz CT molecular complexity index is 1200. The predicted molar refractivity (Wildman–Crippen MR) is 141 cm³/mol. The molecule has 0 radical (unpaired) electrons. The van der Waals surface area contributed by atoms with Crippen LogP contribution in [0.2, 0.25) is 0 Å². The molecule has 0 amide bonds. The fourth-order valence-corrected chi connectivity index (χ4v) is 4.92. The average Bonchev–Trinajstić information content (AvgIpc) is 3.41. The van der Waals surface area contributed by atoms with Crippen LogP contribution in [-0.2, 0) is 5.41 Å². The van der Waals surface area contributed by atoms with E-state index in [1.807, 2.05) is 20.8 Å². The molecule has 0 aliphatic carbocycles. The van der Waals surface area contributed by atoms with E-state index in [2.05, 4.69) is 64.3 Å². The Hall–Kier alpha value is -2.90. The second-order valence-electron chi connectivity index (χ2n) is 11.7. The number of quaternary nitrogens is 1. The third kappa shape index (κ3) is 6.08. The molecule has 0 fully saturated rings. The van der Waals surface area contributed by atoms with Gasteiger partial charge < -0.3 is 5.21 Å². The Labute approximate surface area is 214 Å². The third-order valence-electron chi connectivity index (χ3n) is 6.68. The van der Waals surface area contributed by atoms with Crippen molar-refractivity contribution in [2.45, 2.75) is 106 Å². The number of hydroxylamine groups is 1. The summed E-state index contributed by atoms with van der Waals surface area (Å²) in [6.45, 7) is 16.5. The van der Waals surface area contributed by atoms with E-state index >= 15 is 0 Å². The van der Waals surface area contributed by atoms with Crippen LogP contribution in [0, 0.1) is 34.8 Å². The van der Waals surface area contributed by atoms with Gasteiger partial charge >= 0.3 is 0 Å². The first-order valence-electron chi connectivity index (χ1n) is 13.0. The number of aryl methyl sites for hydroxylation is 1. The van der Waals surface area contributed by atoms with Crippen LogP contribution in [0.1, 0.15) is 105 Å². The topological polar surface area (TPSA) is 134 Å². The highest BCUT2D eigenvalue weighted by Crippen LogP contribution is 2.36. The Morgan fingerprint density at radius 1 is 1.14 bits per heavy atom. The monoisotopic (exact) mass is 495 g/mol. The van der Waals surface area contributed by atoms with E-state index < -0.39 is 10.6 Å². The number of allylic oxidation sites excluding steroid dienone is 1. The molecular weight excluding hydrogens is 454 g/mol. The maximum Gasteiger partial charge on any atom is 0.291 e. The summed E-state index contributed by atoms with van der Waals surface area (Å²) in [5, 5.41) is 42.9. The van der Waals surface area contributed by atoms with Gasteiger partial charge in [-0.1, -0.05) is 97.2 Å². The molecule has 0 saturated heterocycles. The quantitative estimate of drug-likeness (QED) is 0.237. The summed E-state index contributed by atoms with van der Waals surface area (Å²) in [6, 6.07) is 2.19. The van der Waals surface area contributed by atoms with Gasteiger partial charge in [-0.05, 0) is 19.3 Å². The van der Waals surface area contributed by atoms with Crippen molar-refractivity contribution in [3.05, 3.63) is 28.1 Å². The fourth-order valence-electron chi connectivity index (χ4n) is 4.92. The molecule has 0 saturated carbocycles. The molecule has 0 spiro atoms. The van der Waals surface area contributed by atoms with Gasteiger partial charge in [0.2, 0.25) is 5.65 Å². The van der Waals surface area contributed by atoms with Gasteiger partial charge in [0.1, 0.15) is 17.6 Å². The molecule has 2 unspecified atom stereocenters. The Balaban J connectivity index is 1.85. The lowest BCUT2D eigenvalue weighted by Crippen LogP contribution is -2.99. The molecule has 1 aliphatic rings. The Kier molecular flexibility index (Phi) is 8.47. The zero-order chi connectivity index (χ0) is 26.7. The van der Waals surface area contributed by atoms with E-state index in [1.54, 1.807) is 11.6 Å². The van der Waals surface area contributed by atoms with Crippen LogP contribution in [0.15, 0.2) is 26.7 Å². The second kappa shape index (κ2) is 11.0. The zero-order valence-corrected chi connectivity index (χ0v) is 23.1. The highest BCUT2D eigenvalue weighted by atomic mass is 16.5. The molecule has 2 aromatic rings. The lowest BCUT2D eigenvalue weighted by molar-refractivity contribution is -0.811. The smallest absolute Gasteiger partial charge is 0.291 e. The summed E-state index contributed by atoms with van der Waals surface area (Å²) in [6.07, 6.45) is 8.23. The number of azo groups is 1. The summed E-state index contributed by atoms with van der Waals surface area (Å²) in [5.41, 5.74) is 1.83. The Morgan fingerprint density at radius 3 is 2.47 bits per heavy atom. The largest absolute Gasteiger partial charge is 0.600 e. The van der Waals surface area contributed by atoms with Gasteiger partial charge in [-0.2, -0.15) is 15.1 Å². The fraction of sp³-hybridized carbons (Fsp3) is 0.692. The number of unbranched alkanes of at least 4 members (excludes halogenated alkanes) is 4. The van der Waals surface area contributed by atoms with Crippen molar-refractivity contribution in [3.8, 4) is 6.07 Å². The van der Waals surface area contributed by atoms with Gasteiger partial charge in [0, 0.05) is 10.8 Å². The number of nitrogens with one attached hydrogen (secondary N) is 2. The van der Waals surface area contributed by atoms with Crippen molar-refractivity contribution in [1.82, 2.24) is 19.8 Å². The van der Waals surface area contributed by atoms with Crippen LogP contribution >= 0.6 is 0 Å². The lowest BCUT2D eigenvalue weighted by atomic mass is 9.76. The van der Waals surface area contributed by atoms with E-state index in [1.165, 1.54) is 32.1 Å². The molecule has 10 heteroatoms. The number of fused-ring (bicyclic) bond motifs is 1. The molecule has 2 N–H and O–H groups in total. The second-order valence-corrected chi connectivity index (χ2v) is 11.7. The van der Waals surface area contributed by atoms with Crippen molar-refractivity contribution < 1.29 is 5.17 Å². The van der Waals surface area contributed by atoms with Crippen molar-refractivity contribution >= 4 is 17.0 Å². The normalized spacial score (nSPS) is 17.9. The number of aromatic amines is 1. The molecule has 3 heterocycles. The number of nitrogens with zero attached hydrogens (tertiary/aromatic N) is 7. The highest BCUT2D eigenvalue weighted by Gasteiger charge is 2.39. The van der Waals surface area contributed by atoms with Crippen molar-refractivity contribution in [2.75, 3.05) is 0 Å². The van der Waals surface area contributed by atoms with E-state index in [-0.39, 0.29) is 16.8 Å². The van der Waals surface area contributed by atoms with E-state index in [9.17, 15) is 10.5 Å². The predicted octanol–water partition coefficient (Wildman–Crippen LogP) is 5.65. The summed E-state index contributed by atoms with van der Waals surface area (Å²) < 4.78 is 1.56. The molecule has 2 aromatic heterocycles. The van der Waals surface area contributed by atoms with Crippen LogP contribution in [0.3, 0.4) is 0 Å². The van der Waals surface area contributed by atoms with Crippen molar-refractivity contribution in [3.63, 3.8) is 0 Å². The van der Waals surface area contributed by atoms with Gasteiger partial charge in [-0.15, -0.1) is 10.2 Å². The molecule has 10 nitrogen and oxygen atoms in total.